The number of likely N-dealkylation sites (tertiary alicyclic amines) is 1. The summed E-state index contributed by atoms with van der Waals surface area (Å²) in [6.45, 7) is 10.8. The molecule has 2 saturated heterocycles. The van der Waals surface area contributed by atoms with Gasteiger partial charge in [-0.15, -0.1) is 0 Å². The van der Waals surface area contributed by atoms with Crippen LogP contribution in [0.15, 0.2) is 36.7 Å². The highest BCUT2D eigenvalue weighted by atomic mass is 16.6. The zero-order valence-corrected chi connectivity index (χ0v) is 21.8. The van der Waals surface area contributed by atoms with Crippen molar-refractivity contribution in [2.75, 3.05) is 52.9 Å². The third-order valence-corrected chi connectivity index (χ3v) is 6.58. The molecule has 0 spiro atoms. The number of carbonyl (C=O) groups is 2. The molecule has 0 bridgehead atoms. The Labute approximate surface area is 213 Å². The van der Waals surface area contributed by atoms with E-state index in [2.05, 4.69) is 21.9 Å². The van der Waals surface area contributed by atoms with Gasteiger partial charge in [0, 0.05) is 50.4 Å². The lowest BCUT2D eigenvalue weighted by Crippen LogP contribution is -2.47. The molecule has 9 heteroatoms. The number of piperidine rings is 1. The van der Waals surface area contributed by atoms with Crippen molar-refractivity contribution in [1.29, 1.82) is 0 Å². The second-order valence-electron chi connectivity index (χ2n) is 10.6. The van der Waals surface area contributed by atoms with Crippen LogP contribution in [-0.2, 0) is 4.74 Å². The van der Waals surface area contributed by atoms with Crippen LogP contribution < -0.4 is 4.74 Å². The van der Waals surface area contributed by atoms with Gasteiger partial charge in [-0.25, -0.2) is 14.8 Å². The van der Waals surface area contributed by atoms with Crippen LogP contribution in [0.3, 0.4) is 0 Å². The lowest BCUT2D eigenvalue weighted by atomic mass is 9.98. The van der Waals surface area contributed by atoms with Crippen LogP contribution in [0.25, 0.3) is 11.3 Å². The van der Waals surface area contributed by atoms with E-state index in [1.54, 1.807) is 17.3 Å². The van der Waals surface area contributed by atoms with Gasteiger partial charge >= 0.3 is 6.09 Å². The van der Waals surface area contributed by atoms with Gasteiger partial charge in [0.1, 0.15) is 5.60 Å². The molecule has 0 aliphatic carbocycles. The Morgan fingerprint density at radius 1 is 0.917 bits per heavy atom. The Morgan fingerprint density at radius 3 is 2.17 bits per heavy atom. The first-order valence-electron chi connectivity index (χ1n) is 12.7. The molecule has 0 saturated carbocycles. The first kappa shape index (κ1) is 25.9. The number of benzene rings is 1. The Bertz CT molecular complexity index is 1020. The van der Waals surface area contributed by atoms with Crippen LogP contribution in [-0.4, -0.2) is 95.2 Å². The van der Waals surface area contributed by atoms with E-state index >= 15 is 0 Å². The zero-order valence-electron chi connectivity index (χ0n) is 21.8. The van der Waals surface area contributed by atoms with Gasteiger partial charge < -0.3 is 24.2 Å². The van der Waals surface area contributed by atoms with E-state index in [0.717, 1.165) is 50.3 Å². The zero-order chi connectivity index (χ0) is 25.7. The smallest absolute Gasteiger partial charge is 0.410 e. The van der Waals surface area contributed by atoms with Crippen molar-refractivity contribution in [2.45, 2.75) is 39.2 Å². The molecule has 9 nitrogen and oxygen atoms in total. The number of nitrogens with zero attached hydrogens (tertiary/aromatic N) is 5. The highest BCUT2D eigenvalue weighted by Gasteiger charge is 2.27. The van der Waals surface area contributed by atoms with E-state index < -0.39 is 5.60 Å². The molecule has 0 radical (unpaired) electrons. The number of ether oxygens (including phenoxy) is 2. The molecule has 0 atom stereocenters. The fraction of sp³-hybridized carbons (Fsp3) is 0.556. The van der Waals surface area contributed by atoms with Gasteiger partial charge in [-0.1, -0.05) is 12.1 Å². The lowest BCUT2D eigenvalue weighted by molar-refractivity contribution is 0.0164. The van der Waals surface area contributed by atoms with Crippen LogP contribution in [0.2, 0.25) is 0 Å². The van der Waals surface area contributed by atoms with Crippen molar-refractivity contribution >= 4 is 12.0 Å². The molecule has 0 N–H and O–H groups in total. The Morgan fingerprint density at radius 2 is 1.58 bits per heavy atom. The molecule has 1 aromatic heterocycles. The molecular weight excluding hydrogens is 458 g/mol. The summed E-state index contributed by atoms with van der Waals surface area (Å²) in [5.74, 6) is 0.909. The highest BCUT2D eigenvalue weighted by Crippen LogP contribution is 2.22. The van der Waals surface area contributed by atoms with Gasteiger partial charge in [0.2, 0.25) is 5.88 Å². The molecule has 3 heterocycles. The van der Waals surface area contributed by atoms with E-state index in [4.69, 9.17) is 9.47 Å². The normalized spacial score (nSPS) is 17.7. The van der Waals surface area contributed by atoms with E-state index in [-0.39, 0.29) is 12.0 Å². The van der Waals surface area contributed by atoms with Gasteiger partial charge in [-0.2, -0.15) is 0 Å². The molecule has 2 aliphatic heterocycles. The van der Waals surface area contributed by atoms with Gasteiger partial charge in [-0.05, 0) is 58.7 Å². The second-order valence-corrected chi connectivity index (χ2v) is 10.6. The van der Waals surface area contributed by atoms with Crippen LogP contribution in [0.4, 0.5) is 4.79 Å². The maximum absolute atomic E-state index is 12.7. The third-order valence-electron chi connectivity index (χ3n) is 6.58. The number of likely N-dealkylation sites (N-methyl/N-ethyl adjacent to an activating group) is 1. The quantitative estimate of drug-likeness (QED) is 0.627. The van der Waals surface area contributed by atoms with Crippen molar-refractivity contribution in [3.63, 3.8) is 0 Å². The predicted molar refractivity (Wildman–Crippen MR) is 137 cm³/mol. The first-order valence-corrected chi connectivity index (χ1v) is 12.7. The van der Waals surface area contributed by atoms with E-state index in [0.29, 0.717) is 37.1 Å². The average Bonchev–Trinajstić information content (AvgIpc) is 2.87. The summed E-state index contributed by atoms with van der Waals surface area (Å²) < 4.78 is 11.3. The number of hydrogen-bond donors (Lipinski definition) is 0. The lowest BCUT2D eigenvalue weighted by Gasteiger charge is -2.33. The summed E-state index contributed by atoms with van der Waals surface area (Å²) in [7, 11) is 2.07. The maximum atomic E-state index is 12.7. The standard InChI is InChI=1S/C27H37N5O4/c1-27(2,3)36-26(34)32-11-9-20(10-12-32)19-35-24-18-28-23(17-29-24)21-5-7-22(8-6-21)25(33)31-15-13-30(4)14-16-31/h5-8,17-18,20H,9-16,19H2,1-4H3. The topological polar surface area (TPSA) is 88.1 Å². The number of piperazine rings is 1. The number of hydrogen-bond acceptors (Lipinski definition) is 7. The second kappa shape index (κ2) is 11.2. The number of carbonyl (C=O) groups excluding carboxylic acids is 2. The van der Waals surface area contributed by atoms with Gasteiger partial charge in [0.25, 0.3) is 5.91 Å². The number of aromatic nitrogens is 2. The van der Waals surface area contributed by atoms with Crippen LogP contribution >= 0.6 is 0 Å². The Kier molecular flexibility index (Phi) is 8.08. The van der Waals surface area contributed by atoms with Crippen LogP contribution in [0.1, 0.15) is 44.0 Å². The van der Waals surface area contributed by atoms with Crippen molar-refractivity contribution in [3.8, 4) is 17.1 Å². The molecule has 4 rings (SSSR count). The minimum absolute atomic E-state index is 0.0708. The van der Waals surface area contributed by atoms with E-state index in [1.165, 1.54) is 0 Å². The molecule has 2 aliphatic rings. The van der Waals surface area contributed by atoms with Crippen LogP contribution in [0, 0.1) is 5.92 Å². The number of rotatable bonds is 5. The fourth-order valence-corrected chi connectivity index (χ4v) is 4.33. The summed E-state index contributed by atoms with van der Waals surface area (Å²) in [5, 5.41) is 0. The van der Waals surface area contributed by atoms with Crippen molar-refractivity contribution < 1.29 is 19.1 Å². The highest BCUT2D eigenvalue weighted by molar-refractivity contribution is 5.94. The van der Waals surface area contributed by atoms with E-state index in [1.807, 2.05) is 49.9 Å². The van der Waals surface area contributed by atoms with Crippen molar-refractivity contribution in [3.05, 3.63) is 42.2 Å². The monoisotopic (exact) mass is 495 g/mol. The molecule has 194 valence electrons. The van der Waals surface area contributed by atoms with Gasteiger partial charge in [0.15, 0.2) is 0 Å². The summed E-state index contributed by atoms with van der Waals surface area (Å²) in [6, 6.07) is 7.52. The molecule has 2 fully saturated rings. The summed E-state index contributed by atoms with van der Waals surface area (Å²) in [5.41, 5.74) is 1.84. The number of amides is 2. The molecule has 36 heavy (non-hydrogen) atoms. The Hall–Kier alpha value is -3.20. The average molecular weight is 496 g/mol. The van der Waals surface area contributed by atoms with Crippen molar-refractivity contribution in [2.24, 2.45) is 5.92 Å². The fourth-order valence-electron chi connectivity index (χ4n) is 4.33. The summed E-state index contributed by atoms with van der Waals surface area (Å²) in [4.78, 5) is 39.8. The molecular formula is C27H37N5O4. The Balaban J connectivity index is 1.24. The maximum Gasteiger partial charge on any atom is 0.410 e. The molecule has 2 aromatic rings. The molecule has 1 aromatic carbocycles. The summed E-state index contributed by atoms with van der Waals surface area (Å²) in [6.07, 6.45) is 4.81. The van der Waals surface area contributed by atoms with Gasteiger partial charge in [-0.3, -0.25) is 4.79 Å². The van der Waals surface area contributed by atoms with Crippen LogP contribution in [0.5, 0.6) is 5.88 Å². The SMILES string of the molecule is CN1CCN(C(=O)c2ccc(-c3cnc(OCC4CCN(C(=O)OC(C)(C)C)CC4)cn3)cc2)CC1. The largest absolute Gasteiger partial charge is 0.476 e. The predicted octanol–water partition coefficient (Wildman–Crippen LogP) is 3.56. The minimum Gasteiger partial charge on any atom is -0.476 e. The minimum atomic E-state index is -0.480. The van der Waals surface area contributed by atoms with E-state index in [9.17, 15) is 9.59 Å². The summed E-state index contributed by atoms with van der Waals surface area (Å²) >= 11 is 0. The van der Waals surface area contributed by atoms with Gasteiger partial charge in [0.05, 0.1) is 24.7 Å². The molecule has 0 unspecified atom stereocenters. The first-order chi connectivity index (χ1) is 17.2. The third kappa shape index (κ3) is 6.94. The molecule has 2 amide bonds. The van der Waals surface area contributed by atoms with Crippen molar-refractivity contribution in [1.82, 2.24) is 24.7 Å².